The van der Waals surface area contributed by atoms with Crippen molar-refractivity contribution in [2.45, 2.75) is 39.4 Å². The lowest BCUT2D eigenvalue weighted by atomic mass is 10.2. The predicted molar refractivity (Wildman–Crippen MR) is 85.3 cm³/mol. The van der Waals surface area contributed by atoms with Crippen LogP contribution in [0.1, 0.15) is 31.2 Å². The highest BCUT2D eigenvalue weighted by Crippen LogP contribution is 2.11. The zero-order valence-electron chi connectivity index (χ0n) is 13.3. The Kier molecular flexibility index (Phi) is 6.29. The van der Waals surface area contributed by atoms with E-state index in [9.17, 15) is 9.18 Å². The second-order valence-electron chi connectivity index (χ2n) is 5.46. The molecule has 0 saturated carbocycles. The Morgan fingerprint density at radius 2 is 2.04 bits per heavy atom. The molecule has 1 N–H and O–H groups in total. The Morgan fingerprint density at radius 3 is 2.70 bits per heavy atom. The van der Waals surface area contributed by atoms with Crippen molar-refractivity contribution in [3.63, 3.8) is 0 Å². The zero-order valence-corrected chi connectivity index (χ0v) is 13.3. The quantitative estimate of drug-likeness (QED) is 0.772. The summed E-state index contributed by atoms with van der Waals surface area (Å²) >= 11 is 0. The van der Waals surface area contributed by atoms with Crippen molar-refractivity contribution in [2.24, 2.45) is 0 Å². The molecule has 1 aromatic carbocycles. The minimum Gasteiger partial charge on any atom is -0.481 e. The Bertz CT molecular complexity index is 625. The number of halogens is 1. The lowest BCUT2D eigenvalue weighted by molar-refractivity contribution is -0.137. The van der Waals surface area contributed by atoms with Gasteiger partial charge in [-0.15, -0.1) is 0 Å². The number of carboxylic acid groups (broad SMARTS) is 1. The molecule has 6 heteroatoms. The summed E-state index contributed by atoms with van der Waals surface area (Å²) in [5.41, 5.74) is 0.997. The fourth-order valence-electron chi connectivity index (χ4n) is 2.50. The average Bonchev–Trinajstić information content (AvgIpc) is 2.96. The lowest BCUT2D eigenvalue weighted by Crippen LogP contribution is -2.26. The number of aromatic nitrogens is 2. The molecular weight excluding hydrogens is 297 g/mol. The first-order chi connectivity index (χ1) is 11.1. The third-order valence-corrected chi connectivity index (χ3v) is 3.69. The Morgan fingerprint density at radius 1 is 1.30 bits per heavy atom. The molecule has 0 aliphatic carbocycles. The van der Waals surface area contributed by atoms with E-state index in [-0.39, 0.29) is 12.2 Å². The number of hydrogen-bond donors (Lipinski definition) is 1. The van der Waals surface area contributed by atoms with Crippen molar-refractivity contribution in [1.82, 2.24) is 14.5 Å². The number of imidazole rings is 1. The summed E-state index contributed by atoms with van der Waals surface area (Å²) in [6, 6.07) is 6.40. The summed E-state index contributed by atoms with van der Waals surface area (Å²) in [5, 5.41) is 8.81. The normalized spacial score (nSPS) is 11.1. The first kappa shape index (κ1) is 17.1. The van der Waals surface area contributed by atoms with Gasteiger partial charge < -0.3 is 9.67 Å². The Balaban J connectivity index is 2.04. The van der Waals surface area contributed by atoms with Crippen LogP contribution >= 0.6 is 0 Å². The highest BCUT2D eigenvalue weighted by Gasteiger charge is 2.11. The summed E-state index contributed by atoms with van der Waals surface area (Å²) in [6.07, 6.45) is 4.42. The van der Waals surface area contributed by atoms with Crippen molar-refractivity contribution in [2.75, 3.05) is 6.54 Å². The van der Waals surface area contributed by atoms with Crippen molar-refractivity contribution in [3.05, 3.63) is 53.9 Å². The monoisotopic (exact) mass is 319 g/mol. The molecule has 0 unspecified atom stereocenters. The summed E-state index contributed by atoms with van der Waals surface area (Å²) in [5.74, 6) is -0.0977. The van der Waals surface area contributed by atoms with Crippen LogP contribution in [0, 0.1) is 5.82 Å². The number of aliphatic carboxylic acids is 1. The largest absolute Gasteiger partial charge is 0.481 e. The molecule has 5 nitrogen and oxygen atoms in total. The van der Waals surface area contributed by atoms with E-state index in [1.54, 1.807) is 18.3 Å². The number of hydrogen-bond acceptors (Lipinski definition) is 3. The van der Waals surface area contributed by atoms with Gasteiger partial charge in [-0.2, -0.15) is 0 Å². The maximum Gasteiger partial charge on any atom is 0.303 e. The van der Waals surface area contributed by atoms with Gasteiger partial charge in [0.2, 0.25) is 0 Å². The lowest BCUT2D eigenvalue weighted by Gasteiger charge is -2.22. The van der Waals surface area contributed by atoms with Crippen molar-refractivity contribution in [3.8, 4) is 0 Å². The van der Waals surface area contributed by atoms with Gasteiger partial charge in [0, 0.05) is 31.9 Å². The average molecular weight is 319 g/mol. The van der Waals surface area contributed by atoms with Crippen molar-refractivity contribution >= 4 is 5.97 Å². The molecule has 0 bridgehead atoms. The molecule has 0 radical (unpaired) electrons. The van der Waals surface area contributed by atoms with Gasteiger partial charge in [0.15, 0.2) is 0 Å². The maximum absolute atomic E-state index is 13.0. The van der Waals surface area contributed by atoms with Crippen LogP contribution in [0.25, 0.3) is 0 Å². The summed E-state index contributed by atoms with van der Waals surface area (Å²) in [4.78, 5) is 17.2. The molecule has 2 aromatic rings. The van der Waals surface area contributed by atoms with E-state index in [0.29, 0.717) is 26.1 Å². The second-order valence-corrected chi connectivity index (χ2v) is 5.46. The van der Waals surface area contributed by atoms with Crippen LogP contribution in [0.4, 0.5) is 4.39 Å². The number of rotatable bonds is 9. The van der Waals surface area contributed by atoms with Crippen LogP contribution in [-0.2, 0) is 24.4 Å². The van der Waals surface area contributed by atoms with E-state index in [2.05, 4.69) is 21.4 Å². The molecule has 0 amide bonds. The molecule has 0 spiro atoms. The van der Waals surface area contributed by atoms with Crippen LogP contribution in [-0.4, -0.2) is 32.1 Å². The highest BCUT2D eigenvalue weighted by atomic mass is 19.1. The standard InChI is InChI=1S/C17H22FN3O2/c1-2-21-11-9-19-16(21)13-20(10-3-4-17(22)23)12-14-5-7-15(18)8-6-14/h5-9,11H,2-4,10,12-13H2,1H3,(H,22,23). The summed E-state index contributed by atoms with van der Waals surface area (Å²) in [7, 11) is 0. The van der Waals surface area contributed by atoms with Crippen molar-refractivity contribution < 1.29 is 14.3 Å². The Labute approximate surface area is 135 Å². The minimum absolute atomic E-state index is 0.141. The van der Waals surface area contributed by atoms with E-state index >= 15 is 0 Å². The van der Waals surface area contributed by atoms with Gasteiger partial charge in [0.25, 0.3) is 0 Å². The number of benzene rings is 1. The van der Waals surface area contributed by atoms with Gasteiger partial charge in [-0.1, -0.05) is 12.1 Å². The predicted octanol–water partition coefficient (Wildman–Crippen LogP) is 2.91. The van der Waals surface area contributed by atoms with Gasteiger partial charge in [0.05, 0.1) is 6.54 Å². The first-order valence-electron chi connectivity index (χ1n) is 7.77. The van der Waals surface area contributed by atoms with Crippen LogP contribution in [0.3, 0.4) is 0 Å². The van der Waals surface area contributed by atoms with E-state index in [1.807, 2.05) is 6.20 Å². The number of carboxylic acids is 1. The third-order valence-electron chi connectivity index (χ3n) is 3.69. The smallest absolute Gasteiger partial charge is 0.303 e. The molecule has 23 heavy (non-hydrogen) atoms. The van der Waals surface area contributed by atoms with Gasteiger partial charge in [0.1, 0.15) is 11.6 Å². The molecular formula is C17H22FN3O2. The third kappa shape index (κ3) is 5.49. The van der Waals surface area contributed by atoms with Gasteiger partial charge in [-0.3, -0.25) is 9.69 Å². The number of carbonyl (C=O) groups is 1. The summed E-state index contributed by atoms with van der Waals surface area (Å²) in [6.45, 7) is 4.82. The second kappa shape index (κ2) is 8.43. The van der Waals surface area contributed by atoms with E-state index < -0.39 is 5.97 Å². The fourth-order valence-corrected chi connectivity index (χ4v) is 2.50. The number of nitrogens with zero attached hydrogens (tertiary/aromatic N) is 3. The molecule has 1 aromatic heterocycles. The maximum atomic E-state index is 13.0. The minimum atomic E-state index is -0.790. The zero-order chi connectivity index (χ0) is 16.7. The molecule has 124 valence electrons. The molecule has 0 atom stereocenters. The highest BCUT2D eigenvalue weighted by molar-refractivity contribution is 5.66. The molecule has 2 rings (SSSR count). The molecule has 0 saturated heterocycles. The fraction of sp³-hybridized carbons (Fsp3) is 0.412. The van der Waals surface area contributed by atoms with E-state index in [0.717, 1.165) is 17.9 Å². The van der Waals surface area contributed by atoms with E-state index in [4.69, 9.17) is 5.11 Å². The van der Waals surface area contributed by atoms with Gasteiger partial charge >= 0.3 is 5.97 Å². The Hall–Kier alpha value is -2.21. The van der Waals surface area contributed by atoms with Crippen LogP contribution in [0.5, 0.6) is 0 Å². The first-order valence-corrected chi connectivity index (χ1v) is 7.77. The summed E-state index contributed by atoms with van der Waals surface area (Å²) < 4.78 is 15.1. The molecule has 0 aliphatic rings. The van der Waals surface area contributed by atoms with Crippen LogP contribution in [0.15, 0.2) is 36.7 Å². The molecule has 0 fully saturated rings. The van der Waals surface area contributed by atoms with Gasteiger partial charge in [-0.05, 0) is 37.6 Å². The molecule has 1 heterocycles. The topological polar surface area (TPSA) is 58.4 Å². The number of aryl methyl sites for hydroxylation is 1. The van der Waals surface area contributed by atoms with Gasteiger partial charge in [-0.25, -0.2) is 9.37 Å². The van der Waals surface area contributed by atoms with Crippen LogP contribution < -0.4 is 0 Å². The SMILES string of the molecule is CCn1ccnc1CN(CCCC(=O)O)Cc1ccc(F)cc1. The molecule has 0 aliphatic heterocycles. The van der Waals surface area contributed by atoms with Crippen LogP contribution in [0.2, 0.25) is 0 Å². The van der Waals surface area contributed by atoms with Crippen molar-refractivity contribution in [1.29, 1.82) is 0 Å². The van der Waals surface area contributed by atoms with E-state index in [1.165, 1.54) is 12.1 Å².